The number of fused-ring (bicyclic) bond motifs is 2. The third kappa shape index (κ3) is 2.36. The summed E-state index contributed by atoms with van der Waals surface area (Å²) in [7, 11) is 2.30. The first-order chi connectivity index (χ1) is 9.16. The Hall–Kier alpha value is -1.08. The molecule has 2 bridgehead atoms. The maximum Gasteiger partial charge on any atom is 0.0379 e. The molecule has 0 spiro atoms. The van der Waals surface area contributed by atoms with Gasteiger partial charge in [0.05, 0.1) is 0 Å². The predicted molar refractivity (Wildman–Crippen MR) is 81.9 cm³/mol. The summed E-state index contributed by atoms with van der Waals surface area (Å²) in [5, 5.41) is 0. The Bertz CT molecular complexity index is 460. The van der Waals surface area contributed by atoms with Crippen molar-refractivity contribution in [2.24, 2.45) is 11.8 Å². The van der Waals surface area contributed by atoms with Crippen LogP contribution in [-0.2, 0) is 0 Å². The van der Waals surface area contributed by atoms with Gasteiger partial charge in [-0.05, 0) is 63.1 Å². The molecule has 0 heterocycles. The summed E-state index contributed by atoms with van der Waals surface area (Å²) >= 11 is 0. The second-order valence-electron chi connectivity index (χ2n) is 6.53. The lowest BCUT2D eigenvalue weighted by Gasteiger charge is -2.39. The highest BCUT2D eigenvalue weighted by Gasteiger charge is 2.39. The first-order valence-corrected chi connectivity index (χ1v) is 7.66. The quantitative estimate of drug-likeness (QED) is 0.782. The summed E-state index contributed by atoms with van der Waals surface area (Å²) in [6, 6.07) is 12.2. The van der Waals surface area contributed by atoms with Gasteiger partial charge in [-0.2, -0.15) is 0 Å². The third-order valence-corrected chi connectivity index (χ3v) is 5.05. The highest BCUT2D eigenvalue weighted by atomic mass is 15.2. The minimum absolute atomic E-state index is 0.606. The summed E-state index contributed by atoms with van der Waals surface area (Å²) in [6.45, 7) is 4.62. The molecule has 2 aliphatic carbocycles. The molecule has 1 nitrogen and oxygen atoms in total. The molecular formula is C18H25N. The Balaban J connectivity index is 1.99. The zero-order chi connectivity index (χ0) is 13.4. The second-order valence-corrected chi connectivity index (χ2v) is 6.53. The zero-order valence-electron chi connectivity index (χ0n) is 12.3. The van der Waals surface area contributed by atoms with Crippen molar-refractivity contribution in [1.82, 2.24) is 4.90 Å². The molecule has 2 aliphatic rings. The standard InChI is InChI=1S/C18H25N/c1-13(2)19(3)18-16-10-9-14(11-16)12-17(18)15-7-5-4-6-8-15/h4-8,12-14,16,18H,9-11H2,1-3H3/t14?,16?,18-/m0/s1. The van der Waals surface area contributed by atoms with E-state index in [1.54, 1.807) is 5.57 Å². The predicted octanol–water partition coefficient (Wildman–Crippen LogP) is 4.21. The van der Waals surface area contributed by atoms with Gasteiger partial charge in [-0.25, -0.2) is 0 Å². The van der Waals surface area contributed by atoms with Gasteiger partial charge in [-0.1, -0.05) is 36.4 Å². The molecule has 1 aromatic rings. The van der Waals surface area contributed by atoms with Crippen LogP contribution in [0.3, 0.4) is 0 Å². The van der Waals surface area contributed by atoms with Crippen molar-refractivity contribution in [2.75, 3.05) is 7.05 Å². The number of allylic oxidation sites excluding steroid dienone is 1. The van der Waals surface area contributed by atoms with E-state index in [0.717, 1.165) is 11.8 Å². The Kier molecular flexibility index (Phi) is 3.49. The van der Waals surface area contributed by atoms with Crippen LogP contribution >= 0.6 is 0 Å². The Morgan fingerprint density at radius 3 is 2.53 bits per heavy atom. The molecule has 3 atom stereocenters. The van der Waals surface area contributed by atoms with Gasteiger partial charge in [0.25, 0.3) is 0 Å². The largest absolute Gasteiger partial charge is 0.297 e. The summed E-state index contributed by atoms with van der Waals surface area (Å²) in [6.07, 6.45) is 6.77. The van der Waals surface area contributed by atoms with Crippen molar-refractivity contribution in [1.29, 1.82) is 0 Å². The smallest absolute Gasteiger partial charge is 0.0379 e. The second kappa shape index (κ2) is 5.13. The van der Waals surface area contributed by atoms with E-state index in [0.29, 0.717) is 12.1 Å². The maximum atomic E-state index is 2.57. The fourth-order valence-corrected chi connectivity index (χ4v) is 3.87. The zero-order valence-corrected chi connectivity index (χ0v) is 12.3. The molecule has 1 saturated carbocycles. The van der Waals surface area contributed by atoms with Crippen LogP contribution in [-0.4, -0.2) is 24.0 Å². The molecule has 0 aromatic heterocycles. The van der Waals surface area contributed by atoms with Gasteiger partial charge < -0.3 is 0 Å². The van der Waals surface area contributed by atoms with Gasteiger partial charge in [-0.3, -0.25) is 4.90 Å². The molecule has 0 saturated heterocycles. The van der Waals surface area contributed by atoms with Crippen molar-refractivity contribution >= 4 is 5.57 Å². The fourth-order valence-electron chi connectivity index (χ4n) is 3.87. The van der Waals surface area contributed by atoms with Crippen molar-refractivity contribution in [3.05, 3.63) is 42.0 Å². The molecule has 102 valence electrons. The molecule has 19 heavy (non-hydrogen) atoms. The number of nitrogens with zero attached hydrogens (tertiary/aromatic N) is 1. The Labute approximate surface area is 117 Å². The van der Waals surface area contributed by atoms with Crippen molar-refractivity contribution in [2.45, 2.75) is 45.2 Å². The lowest BCUT2D eigenvalue weighted by molar-refractivity contribution is 0.178. The lowest BCUT2D eigenvalue weighted by atomic mass is 9.80. The molecule has 2 unspecified atom stereocenters. The maximum absolute atomic E-state index is 2.57. The Morgan fingerprint density at radius 2 is 1.84 bits per heavy atom. The molecule has 0 N–H and O–H groups in total. The third-order valence-electron chi connectivity index (χ3n) is 5.05. The van der Waals surface area contributed by atoms with Crippen LogP contribution in [0, 0.1) is 11.8 Å². The van der Waals surface area contributed by atoms with Crippen LogP contribution in [0.1, 0.15) is 38.7 Å². The number of hydrogen-bond donors (Lipinski definition) is 0. The summed E-state index contributed by atoms with van der Waals surface area (Å²) in [5.41, 5.74) is 3.01. The van der Waals surface area contributed by atoms with E-state index in [1.165, 1.54) is 24.8 Å². The normalized spacial score (nSPS) is 29.9. The van der Waals surface area contributed by atoms with E-state index in [1.807, 2.05) is 0 Å². The molecule has 1 heteroatoms. The van der Waals surface area contributed by atoms with E-state index >= 15 is 0 Å². The van der Waals surface area contributed by atoms with E-state index in [-0.39, 0.29) is 0 Å². The van der Waals surface area contributed by atoms with Crippen molar-refractivity contribution < 1.29 is 0 Å². The van der Waals surface area contributed by atoms with E-state index < -0.39 is 0 Å². The number of hydrogen-bond acceptors (Lipinski definition) is 1. The van der Waals surface area contributed by atoms with Gasteiger partial charge in [0.1, 0.15) is 0 Å². The highest BCUT2D eigenvalue weighted by molar-refractivity contribution is 5.71. The number of rotatable bonds is 3. The summed E-state index contributed by atoms with van der Waals surface area (Å²) < 4.78 is 0. The van der Waals surface area contributed by atoms with Gasteiger partial charge in [-0.15, -0.1) is 0 Å². The minimum atomic E-state index is 0.606. The van der Waals surface area contributed by atoms with Gasteiger partial charge in [0.15, 0.2) is 0 Å². The van der Waals surface area contributed by atoms with Gasteiger partial charge in [0, 0.05) is 12.1 Å². The molecule has 1 fully saturated rings. The van der Waals surface area contributed by atoms with Gasteiger partial charge in [0.2, 0.25) is 0 Å². The minimum Gasteiger partial charge on any atom is -0.297 e. The lowest BCUT2D eigenvalue weighted by Crippen LogP contribution is -2.43. The first-order valence-electron chi connectivity index (χ1n) is 7.66. The average molecular weight is 255 g/mol. The number of benzene rings is 1. The molecule has 0 aliphatic heterocycles. The van der Waals surface area contributed by atoms with Crippen molar-refractivity contribution in [3.8, 4) is 0 Å². The van der Waals surface area contributed by atoms with E-state index in [9.17, 15) is 0 Å². The summed E-state index contributed by atoms with van der Waals surface area (Å²) in [4.78, 5) is 2.57. The SMILES string of the molecule is CC(C)N(C)[C@@H]1C(c2ccccc2)=CC2CCC1C2. The number of likely N-dealkylation sites (N-methyl/N-ethyl adjacent to an activating group) is 1. The summed E-state index contributed by atoms with van der Waals surface area (Å²) in [5.74, 6) is 1.69. The Morgan fingerprint density at radius 1 is 1.11 bits per heavy atom. The fraction of sp³-hybridized carbons (Fsp3) is 0.556. The molecule has 0 radical (unpaired) electrons. The average Bonchev–Trinajstić information content (AvgIpc) is 2.80. The first kappa shape index (κ1) is 12.9. The van der Waals surface area contributed by atoms with Crippen LogP contribution in [0.2, 0.25) is 0 Å². The van der Waals surface area contributed by atoms with Crippen LogP contribution in [0.5, 0.6) is 0 Å². The van der Waals surface area contributed by atoms with Crippen molar-refractivity contribution in [3.63, 3.8) is 0 Å². The molecule has 0 amide bonds. The van der Waals surface area contributed by atoms with Crippen LogP contribution in [0.15, 0.2) is 36.4 Å². The highest BCUT2D eigenvalue weighted by Crippen LogP contribution is 2.46. The molecule has 1 aromatic carbocycles. The molecular weight excluding hydrogens is 230 g/mol. The van der Waals surface area contributed by atoms with E-state index in [2.05, 4.69) is 62.2 Å². The van der Waals surface area contributed by atoms with Crippen LogP contribution in [0.25, 0.3) is 5.57 Å². The monoisotopic (exact) mass is 255 g/mol. The molecule has 3 rings (SSSR count). The van der Waals surface area contributed by atoms with E-state index in [4.69, 9.17) is 0 Å². The van der Waals surface area contributed by atoms with Crippen LogP contribution < -0.4 is 0 Å². The van der Waals surface area contributed by atoms with Crippen LogP contribution in [0.4, 0.5) is 0 Å². The topological polar surface area (TPSA) is 3.24 Å². The van der Waals surface area contributed by atoms with Gasteiger partial charge >= 0.3 is 0 Å².